The van der Waals surface area contributed by atoms with Crippen molar-refractivity contribution in [2.45, 2.75) is 13.5 Å². The van der Waals surface area contributed by atoms with Crippen LogP contribution in [0.5, 0.6) is 11.5 Å². The number of hydrogen-bond acceptors (Lipinski definition) is 7. The van der Waals surface area contributed by atoms with Crippen molar-refractivity contribution in [3.05, 3.63) is 34.3 Å². The van der Waals surface area contributed by atoms with E-state index in [-0.39, 0.29) is 22.9 Å². The first kappa shape index (κ1) is 13.2. The average Bonchev–Trinajstić information content (AvgIpc) is 2.69. The number of aromatic nitrogens is 1. The molecule has 2 rings (SSSR count). The standard InChI is InChI=1S/C12H12N2O4S/c1-6-10(11(17)18)19-12(14-6)13-5-7-2-3-8(15)4-9(7)16/h2-4,15-16H,5H2,1H3,(H,13,14)(H,17,18)/p-1. The monoisotopic (exact) mass is 279 g/mol. The van der Waals surface area contributed by atoms with E-state index < -0.39 is 5.97 Å². The van der Waals surface area contributed by atoms with Gasteiger partial charge in [-0.2, -0.15) is 0 Å². The molecule has 0 fully saturated rings. The van der Waals surface area contributed by atoms with E-state index in [2.05, 4.69) is 10.3 Å². The number of carboxylic acids is 1. The summed E-state index contributed by atoms with van der Waals surface area (Å²) in [5, 5.41) is 32.9. The average molecular weight is 279 g/mol. The molecule has 0 unspecified atom stereocenters. The summed E-state index contributed by atoms with van der Waals surface area (Å²) in [6, 6.07) is 4.25. The van der Waals surface area contributed by atoms with Crippen molar-refractivity contribution in [3.8, 4) is 11.5 Å². The molecular weight excluding hydrogens is 268 g/mol. The van der Waals surface area contributed by atoms with E-state index in [1.807, 2.05) is 0 Å². The smallest absolute Gasteiger partial charge is 0.183 e. The topological polar surface area (TPSA) is 106 Å². The van der Waals surface area contributed by atoms with Gasteiger partial charge in [0.25, 0.3) is 0 Å². The van der Waals surface area contributed by atoms with Crippen LogP contribution >= 0.6 is 11.3 Å². The second-order valence-electron chi connectivity index (χ2n) is 3.89. The molecule has 7 heteroatoms. The van der Waals surface area contributed by atoms with Crippen LogP contribution in [-0.2, 0) is 6.54 Å². The van der Waals surface area contributed by atoms with Crippen LogP contribution in [-0.4, -0.2) is 21.2 Å². The number of rotatable bonds is 4. The SMILES string of the molecule is Cc1nc(NCc2ccc(O)cc2O)sc1C(=O)[O-]. The number of nitrogens with zero attached hydrogens (tertiary/aromatic N) is 1. The molecular formula is C12H11N2O4S-. The molecule has 0 amide bonds. The van der Waals surface area contributed by atoms with Gasteiger partial charge in [-0.1, -0.05) is 11.3 Å². The predicted octanol–water partition coefficient (Wildman–Crippen LogP) is 0.838. The fraction of sp³-hybridized carbons (Fsp3) is 0.167. The molecule has 0 radical (unpaired) electrons. The lowest BCUT2D eigenvalue weighted by molar-refractivity contribution is -0.254. The Bertz CT molecular complexity index is 624. The molecule has 0 bridgehead atoms. The molecule has 0 spiro atoms. The van der Waals surface area contributed by atoms with Gasteiger partial charge < -0.3 is 25.4 Å². The van der Waals surface area contributed by atoms with E-state index in [4.69, 9.17) is 5.11 Å². The molecule has 1 aromatic heterocycles. The van der Waals surface area contributed by atoms with Gasteiger partial charge in [0.15, 0.2) is 5.13 Å². The van der Waals surface area contributed by atoms with Gasteiger partial charge in [-0.3, -0.25) is 0 Å². The van der Waals surface area contributed by atoms with Crippen molar-refractivity contribution in [1.29, 1.82) is 0 Å². The molecule has 6 nitrogen and oxygen atoms in total. The highest BCUT2D eigenvalue weighted by Gasteiger charge is 2.09. The lowest BCUT2D eigenvalue weighted by atomic mass is 10.2. The number of phenols is 2. The van der Waals surface area contributed by atoms with E-state index >= 15 is 0 Å². The maximum atomic E-state index is 10.8. The molecule has 3 N–H and O–H groups in total. The maximum absolute atomic E-state index is 10.8. The number of aromatic carboxylic acids is 1. The Kier molecular flexibility index (Phi) is 3.57. The molecule has 1 heterocycles. The number of aryl methyl sites for hydroxylation is 1. The first-order valence-corrected chi connectivity index (χ1v) is 6.22. The number of anilines is 1. The van der Waals surface area contributed by atoms with Gasteiger partial charge in [-0.25, -0.2) is 4.98 Å². The number of nitrogens with one attached hydrogen (secondary N) is 1. The first-order valence-electron chi connectivity index (χ1n) is 5.41. The largest absolute Gasteiger partial charge is 0.544 e. The summed E-state index contributed by atoms with van der Waals surface area (Å²) in [5.74, 6) is -1.32. The summed E-state index contributed by atoms with van der Waals surface area (Å²) in [6.45, 7) is 1.86. The summed E-state index contributed by atoms with van der Waals surface area (Å²) in [6.07, 6.45) is 0. The number of benzene rings is 1. The second kappa shape index (κ2) is 5.15. The molecule has 1 aromatic carbocycles. The van der Waals surface area contributed by atoms with E-state index in [1.165, 1.54) is 12.1 Å². The molecule has 0 aliphatic carbocycles. The zero-order valence-corrected chi connectivity index (χ0v) is 10.8. The minimum Gasteiger partial charge on any atom is -0.544 e. The van der Waals surface area contributed by atoms with Gasteiger partial charge in [0.1, 0.15) is 11.5 Å². The van der Waals surface area contributed by atoms with Crippen molar-refractivity contribution in [2.24, 2.45) is 0 Å². The highest BCUT2D eigenvalue weighted by molar-refractivity contribution is 7.17. The number of carbonyl (C=O) groups is 1. The number of carbonyl (C=O) groups excluding carboxylic acids is 1. The van der Waals surface area contributed by atoms with Crippen molar-refractivity contribution in [3.63, 3.8) is 0 Å². The Balaban J connectivity index is 2.10. The van der Waals surface area contributed by atoms with Crippen molar-refractivity contribution in [1.82, 2.24) is 4.98 Å². The van der Waals surface area contributed by atoms with Gasteiger partial charge in [0.2, 0.25) is 0 Å². The summed E-state index contributed by atoms with van der Waals surface area (Å²) in [7, 11) is 0. The molecule has 0 saturated carbocycles. The zero-order valence-electron chi connectivity index (χ0n) is 10.0. The summed E-state index contributed by atoms with van der Waals surface area (Å²) < 4.78 is 0. The number of aromatic hydroxyl groups is 2. The fourth-order valence-electron chi connectivity index (χ4n) is 1.53. The van der Waals surface area contributed by atoms with E-state index in [0.717, 1.165) is 11.3 Å². The van der Waals surface area contributed by atoms with E-state index in [0.29, 0.717) is 16.4 Å². The highest BCUT2D eigenvalue weighted by atomic mass is 32.1. The normalized spacial score (nSPS) is 10.4. The lowest BCUT2D eigenvalue weighted by Crippen LogP contribution is -2.21. The van der Waals surface area contributed by atoms with Crippen LogP contribution in [0.1, 0.15) is 20.9 Å². The number of thiazole rings is 1. The number of phenolic OH excluding ortho intramolecular Hbond substituents is 2. The minimum absolute atomic E-state index is 0.0226. The van der Waals surface area contributed by atoms with Crippen LogP contribution in [0.25, 0.3) is 0 Å². The van der Waals surface area contributed by atoms with Crippen LogP contribution in [0.3, 0.4) is 0 Å². The van der Waals surface area contributed by atoms with Gasteiger partial charge in [0.05, 0.1) is 16.5 Å². The van der Waals surface area contributed by atoms with Gasteiger partial charge in [0, 0.05) is 18.2 Å². The fourth-order valence-corrected chi connectivity index (χ4v) is 2.33. The van der Waals surface area contributed by atoms with Crippen molar-refractivity contribution < 1.29 is 20.1 Å². The number of hydrogen-bond donors (Lipinski definition) is 3. The summed E-state index contributed by atoms with van der Waals surface area (Å²) in [4.78, 5) is 14.9. The van der Waals surface area contributed by atoms with Crippen molar-refractivity contribution in [2.75, 3.05) is 5.32 Å². The third-order valence-electron chi connectivity index (χ3n) is 2.48. The summed E-state index contributed by atoms with van der Waals surface area (Å²) in [5.41, 5.74) is 0.961. The quantitative estimate of drug-likeness (QED) is 0.765. The van der Waals surface area contributed by atoms with Crippen LogP contribution in [0.4, 0.5) is 5.13 Å². The molecule has 100 valence electrons. The van der Waals surface area contributed by atoms with Crippen LogP contribution in [0.2, 0.25) is 0 Å². The lowest BCUT2D eigenvalue weighted by Gasteiger charge is -2.05. The van der Waals surface area contributed by atoms with Crippen LogP contribution < -0.4 is 10.4 Å². The molecule has 0 saturated heterocycles. The Morgan fingerprint density at radius 3 is 2.79 bits per heavy atom. The van der Waals surface area contributed by atoms with Gasteiger partial charge >= 0.3 is 0 Å². The Labute approximate surface area is 113 Å². The molecule has 2 aromatic rings. The van der Waals surface area contributed by atoms with Crippen molar-refractivity contribution >= 4 is 22.4 Å². The first-order chi connectivity index (χ1) is 8.97. The Morgan fingerprint density at radius 1 is 1.47 bits per heavy atom. The van der Waals surface area contributed by atoms with E-state index in [9.17, 15) is 15.0 Å². The van der Waals surface area contributed by atoms with Gasteiger partial charge in [-0.15, -0.1) is 0 Å². The molecule has 19 heavy (non-hydrogen) atoms. The highest BCUT2D eigenvalue weighted by Crippen LogP contribution is 2.25. The molecule has 0 aliphatic heterocycles. The zero-order chi connectivity index (χ0) is 14.0. The Hall–Kier alpha value is -2.28. The summed E-state index contributed by atoms with van der Waals surface area (Å²) >= 11 is 0.981. The maximum Gasteiger partial charge on any atom is 0.183 e. The Morgan fingerprint density at radius 2 is 2.21 bits per heavy atom. The predicted molar refractivity (Wildman–Crippen MR) is 68.3 cm³/mol. The van der Waals surface area contributed by atoms with E-state index in [1.54, 1.807) is 13.0 Å². The minimum atomic E-state index is -1.25. The van der Waals surface area contributed by atoms with Gasteiger partial charge in [-0.05, 0) is 19.1 Å². The second-order valence-corrected chi connectivity index (χ2v) is 4.89. The third-order valence-corrected chi connectivity index (χ3v) is 3.58. The van der Waals surface area contributed by atoms with Crippen LogP contribution in [0.15, 0.2) is 18.2 Å². The molecule has 0 atom stereocenters. The third kappa shape index (κ3) is 2.94. The molecule has 0 aliphatic rings. The number of carboxylic acid groups (broad SMARTS) is 1. The van der Waals surface area contributed by atoms with Crippen LogP contribution in [0, 0.1) is 6.92 Å².